The quantitative estimate of drug-likeness (QED) is 0.452. The van der Waals surface area contributed by atoms with Gasteiger partial charge in [0.25, 0.3) is 0 Å². The number of carbonyl (C=O) groups is 1. The van der Waals surface area contributed by atoms with Gasteiger partial charge in [-0.25, -0.2) is 4.79 Å². The van der Waals surface area contributed by atoms with E-state index in [0.717, 1.165) is 49.8 Å². The van der Waals surface area contributed by atoms with Gasteiger partial charge in [0.1, 0.15) is 5.54 Å². The second-order valence-corrected chi connectivity index (χ2v) is 8.79. The van der Waals surface area contributed by atoms with Gasteiger partial charge in [-0.05, 0) is 48.2 Å². The molecule has 4 nitrogen and oxygen atoms in total. The van der Waals surface area contributed by atoms with Gasteiger partial charge in [0, 0.05) is 18.7 Å². The van der Waals surface area contributed by atoms with E-state index < -0.39 is 23.3 Å². The molecule has 0 bridgehead atoms. The Hall–Kier alpha value is -3.35. The van der Waals surface area contributed by atoms with Crippen LogP contribution in [-0.2, 0) is 18.1 Å². The van der Waals surface area contributed by atoms with E-state index in [2.05, 4.69) is 15.6 Å². The molecule has 0 aliphatic heterocycles. The molecule has 0 radical (unpaired) electrons. The molecule has 4 rings (SSSR count). The Balaban J connectivity index is 1.81. The molecule has 1 aromatic heterocycles. The average Bonchev–Trinajstić information content (AvgIpc) is 2.85. The fraction of sp³-hybridized carbons (Fsp3) is 0.333. The van der Waals surface area contributed by atoms with Gasteiger partial charge in [0.15, 0.2) is 0 Å². The number of amides is 2. The summed E-state index contributed by atoms with van der Waals surface area (Å²) >= 11 is 0. The highest BCUT2D eigenvalue weighted by atomic mass is 19.4. The molecule has 0 saturated heterocycles. The van der Waals surface area contributed by atoms with Crippen LogP contribution in [0.15, 0.2) is 79.0 Å². The van der Waals surface area contributed by atoms with E-state index in [1.807, 2.05) is 30.3 Å². The summed E-state index contributed by atoms with van der Waals surface area (Å²) < 4.78 is 40.9. The Labute approximate surface area is 197 Å². The maximum Gasteiger partial charge on any atom is 0.416 e. The van der Waals surface area contributed by atoms with Gasteiger partial charge in [0.2, 0.25) is 0 Å². The number of rotatable bonds is 6. The molecule has 1 atom stereocenters. The number of nitrogens with zero attached hydrogens (tertiary/aromatic N) is 1. The van der Waals surface area contributed by atoms with Crippen LogP contribution in [0.5, 0.6) is 0 Å². The minimum atomic E-state index is -4.51. The van der Waals surface area contributed by atoms with Crippen molar-refractivity contribution in [1.82, 2.24) is 15.6 Å². The van der Waals surface area contributed by atoms with Gasteiger partial charge in [-0.15, -0.1) is 0 Å². The molecule has 1 heterocycles. The van der Waals surface area contributed by atoms with Gasteiger partial charge in [0.05, 0.1) is 11.3 Å². The molecule has 2 N–H and O–H groups in total. The number of nitrogens with one attached hydrogen (secondary N) is 2. The third kappa shape index (κ3) is 5.58. The predicted molar refractivity (Wildman–Crippen MR) is 125 cm³/mol. The standard InChI is InChI=1S/C27H28F3N3O/c28-27(29,30)22-13-9-12-21(18-22)26(24-16-7-8-17-31-24,19-20-10-3-1-4-11-20)33-25(34)32-23-14-5-2-6-15-23/h1,3-4,7-13,16-18,23H,2,5-6,14-15,19H2,(H2,32,33,34). The first-order valence-electron chi connectivity index (χ1n) is 11.6. The third-order valence-corrected chi connectivity index (χ3v) is 6.36. The Kier molecular flexibility index (Phi) is 7.20. The number of benzene rings is 2. The first-order valence-corrected chi connectivity index (χ1v) is 11.6. The van der Waals surface area contributed by atoms with Crippen molar-refractivity contribution in [2.75, 3.05) is 0 Å². The molecule has 7 heteroatoms. The summed E-state index contributed by atoms with van der Waals surface area (Å²) in [6.45, 7) is 0. The molecule has 3 aromatic rings. The van der Waals surface area contributed by atoms with Crippen LogP contribution in [-0.4, -0.2) is 17.1 Å². The second kappa shape index (κ2) is 10.3. The van der Waals surface area contributed by atoms with Crippen LogP contribution in [0.4, 0.5) is 18.0 Å². The van der Waals surface area contributed by atoms with E-state index in [1.165, 1.54) is 6.07 Å². The summed E-state index contributed by atoms with van der Waals surface area (Å²) in [4.78, 5) is 17.8. The number of halogens is 3. The van der Waals surface area contributed by atoms with Crippen molar-refractivity contribution < 1.29 is 18.0 Å². The Morgan fingerprint density at radius 3 is 2.26 bits per heavy atom. The monoisotopic (exact) mass is 467 g/mol. The molecule has 1 saturated carbocycles. The minimum Gasteiger partial charge on any atom is -0.335 e. The van der Waals surface area contributed by atoms with E-state index in [0.29, 0.717) is 11.3 Å². The van der Waals surface area contributed by atoms with Crippen LogP contribution in [0.3, 0.4) is 0 Å². The number of urea groups is 1. The smallest absolute Gasteiger partial charge is 0.335 e. The number of aromatic nitrogens is 1. The summed E-state index contributed by atoms with van der Waals surface area (Å²) in [7, 11) is 0. The second-order valence-electron chi connectivity index (χ2n) is 8.79. The van der Waals surface area contributed by atoms with Crippen LogP contribution < -0.4 is 10.6 Å². The van der Waals surface area contributed by atoms with E-state index >= 15 is 0 Å². The van der Waals surface area contributed by atoms with Gasteiger partial charge >= 0.3 is 12.2 Å². The maximum absolute atomic E-state index is 13.6. The van der Waals surface area contributed by atoms with Crippen LogP contribution in [0.1, 0.15) is 54.5 Å². The average molecular weight is 468 g/mol. The molecule has 1 aliphatic rings. The van der Waals surface area contributed by atoms with Crippen molar-refractivity contribution in [2.24, 2.45) is 0 Å². The summed E-state index contributed by atoms with van der Waals surface area (Å²) in [6, 6.07) is 19.4. The van der Waals surface area contributed by atoms with E-state index in [-0.39, 0.29) is 12.5 Å². The number of carbonyl (C=O) groups excluding carboxylic acids is 1. The van der Waals surface area contributed by atoms with E-state index in [9.17, 15) is 18.0 Å². The number of hydrogen-bond donors (Lipinski definition) is 2. The molecule has 2 aromatic carbocycles. The highest BCUT2D eigenvalue weighted by Gasteiger charge is 2.40. The Morgan fingerprint density at radius 1 is 0.882 bits per heavy atom. The number of hydrogen-bond acceptors (Lipinski definition) is 2. The van der Waals surface area contributed by atoms with Crippen molar-refractivity contribution in [1.29, 1.82) is 0 Å². The van der Waals surface area contributed by atoms with Crippen molar-refractivity contribution in [3.63, 3.8) is 0 Å². The van der Waals surface area contributed by atoms with Crippen LogP contribution in [0.25, 0.3) is 0 Å². The normalized spacial score (nSPS) is 16.4. The van der Waals surface area contributed by atoms with Crippen molar-refractivity contribution in [3.05, 3.63) is 101 Å². The molecular formula is C27H28F3N3O. The SMILES string of the molecule is O=C(NC1CCCCC1)NC(Cc1ccccc1)(c1cccc(C(F)(F)F)c1)c1ccccn1. The molecular weight excluding hydrogens is 439 g/mol. The summed E-state index contributed by atoms with van der Waals surface area (Å²) in [5.74, 6) is 0. The van der Waals surface area contributed by atoms with E-state index in [4.69, 9.17) is 0 Å². The van der Waals surface area contributed by atoms with Gasteiger partial charge < -0.3 is 10.6 Å². The van der Waals surface area contributed by atoms with Crippen LogP contribution >= 0.6 is 0 Å². The minimum absolute atomic E-state index is 0.0495. The lowest BCUT2D eigenvalue weighted by Crippen LogP contribution is -2.54. The van der Waals surface area contributed by atoms with Crippen molar-refractivity contribution in [2.45, 2.75) is 56.3 Å². The summed E-state index contributed by atoms with van der Waals surface area (Å²) in [6.07, 6.45) is 2.35. The molecule has 2 amide bonds. The molecule has 34 heavy (non-hydrogen) atoms. The lowest BCUT2D eigenvalue weighted by molar-refractivity contribution is -0.137. The highest BCUT2D eigenvalue weighted by Crippen LogP contribution is 2.36. The molecule has 178 valence electrons. The molecule has 0 spiro atoms. The zero-order valence-electron chi connectivity index (χ0n) is 18.8. The zero-order chi connectivity index (χ0) is 24.0. The molecule has 1 aliphatic carbocycles. The van der Waals surface area contributed by atoms with Crippen molar-refractivity contribution in [3.8, 4) is 0 Å². The number of pyridine rings is 1. The summed E-state index contributed by atoms with van der Waals surface area (Å²) in [5.41, 5.74) is -0.417. The van der Waals surface area contributed by atoms with Crippen LogP contribution in [0, 0.1) is 0 Å². The van der Waals surface area contributed by atoms with Gasteiger partial charge in [-0.2, -0.15) is 13.2 Å². The van der Waals surface area contributed by atoms with Crippen molar-refractivity contribution >= 4 is 6.03 Å². The third-order valence-electron chi connectivity index (χ3n) is 6.36. The van der Waals surface area contributed by atoms with Gasteiger partial charge in [-0.3, -0.25) is 4.98 Å². The fourth-order valence-electron chi connectivity index (χ4n) is 4.66. The largest absolute Gasteiger partial charge is 0.416 e. The zero-order valence-corrected chi connectivity index (χ0v) is 18.8. The Bertz CT molecular complexity index is 1080. The first kappa shape index (κ1) is 23.8. The Morgan fingerprint density at radius 2 is 1.59 bits per heavy atom. The highest BCUT2D eigenvalue weighted by molar-refractivity contribution is 5.76. The topological polar surface area (TPSA) is 54.0 Å². The predicted octanol–water partition coefficient (Wildman–Crippen LogP) is 6.22. The summed E-state index contributed by atoms with van der Waals surface area (Å²) in [5, 5.41) is 6.10. The molecule has 1 unspecified atom stereocenters. The maximum atomic E-state index is 13.6. The van der Waals surface area contributed by atoms with Crippen LogP contribution in [0.2, 0.25) is 0 Å². The first-order chi connectivity index (χ1) is 16.4. The lowest BCUT2D eigenvalue weighted by Gasteiger charge is -2.36. The molecule has 1 fully saturated rings. The number of alkyl halides is 3. The van der Waals surface area contributed by atoms with Gasteiger partial charge in [-0.1, -0.05) is 67.8 Å². The fourth-order valence-corrected chi connectivity index (χ4v) is 4.66. The lowest BCUT2D eigenvalue weighted by atomic mass is 9.80. The van der Waals surface area contributed by atoms with E-state index in [1.54, 1.807) is 30.5 Å².